The van der Waals surface area contributed by atoms with Crippen LogP contribution in [0.25, 0.3) is 11.1 Å². The molecule has 0 bridgehead atoms. The highest BCUT2D eigenvalue weighted by molar-refractivity contribution is 5.89. The molecule has 1 aliphatic heterocycles. The summed E-state index contributed by atoms with van der Waals surface area (Å²) in [6.07, 6.45) is -2.77. The second-order valence-electron chi connectivity index (χ2n) is 8.69. The number of aromatic carboxylic acids is 1. The molecule has 7 heteroatoms. The van der Waals surface area contributed by atoms with Crippen LogP contribution in [0.2, 0.25) is 0 Å². The molecule has 0 aliphatic carbocycles. The summed E-state index contributed by atoms with van der Waals surface area (Å²) in [6.45, 7) is 2.13. The molecule has 1 saturated heterocycles. The lowest BCUT2D eigenvalue weighted by Gasteiger charge is -2.38. The normalized spacial score (nSPS) is 15.7. The Morgan fingerprint density at radius 3 is 2.35 bits per heavy atom. The van der Waals surface area contributed by atoms with E-state index < -0.39 is 17.7 Å². The van der Waals surface area contributed by atoms with E-state index in [-0.39, 0.29) is 17.6 Å². The van der Waals surface area contributed by atoms with E-state index in [1.807, 2.05) is 18.2 Å². The van der Waals surface area contributed by atoms with E-state index in [4.69, 9.17) is 4.74 Å². The Bertz CT molecular complexity index is 1140. The molecule has 3 aromatic rings. The summed E-state index contributed by atoms with van der Waals surface area (Å²) < 4.78 is 46.9. The van der Waals surface area contributed by atoms with Gasteiger partial charge >= 0.3 is 12.1 Å². The highest BCUT2D eigenvalue weighted by Gasteiger charge is 2.34. The van der Waals surface area contributed by atoms with Crippen LogP contribution in [-0.2, 0) is 22.9 Å². The molecule has 0 radical (unpaired) electrons. The van der Waals surface area contributed by atoms with Crippen molar-refractivity contribution < 1.29 is 27.8 Å². The van der Waals surface area contributed by atoms with E-state index in [0.29, 0.717) is 23.3 Å². The zero-order valence-corrected chi connectivity index (χ0v) is 18.6. The van der Waals surface area contributed by atoms with E-state index in [1.165, 1.54) is 23.8 Å². The van der Waals surface area contributed by atoms with Crippen molar-refractivity contribution in [2.24, 2.45) is 0 Å². The summed E-state index contributed by atoms with van der Waals surface area (Å²) >= 11 is 0. The number of halogens is 3. The predicted octanol–water partition coefficient (Wildman–Crippen LogP) is 5.91. The van der Waals surface area contributed by atoms with Gasteiger partial charge in [0.05, 0.1) is 24.3 Å². The van der Waals surface area contributed by atoms with Gasteiger partial charge in [-0.15, -0.1) is 0 Å². The van der Waals surface area contributed by atoms with Crippen molar-refractivity contribution in [1.82, 2.24) is 5.32 Å². The number of carboxylic acids is 1. The molecular weight excluding hydrogens is 443 g/mol. The first-order valence-corrected chi connectivity index (χ1v) is 11.2. The molecule has 178 valence electrons. The zero-order chi connectivity index (χ0) is 24.2. The Hall–Kier alpha value is -3.16. The highest BCUT2D eigenvalue weighted by Crippen LogP contribution is 2.36. The lowest BCUT2D eigenvalue weighted by atomic mass is 9.74. The number of carboxylic acid groups (broad SMARTS) is 1. The monoisotopic (exact) mass is 469 g/mol. The molecule has 0 aromatic heterocycles. The Labute approximate surface area is 196 Å². The molecule has 1 fully saturated rings. The number of hydrogen-bond donors (Lipinski definition) is 2. The molecule has 3 aromatic carbocycles. The minimum atomic E-state index is -4.53. The van der Waals surface area contributed by atoms with Crippen LogP contribution in [0.15, 0.2) is 72.8 Å². The van der Waals surface area contributed by atoms with E-state index >= 15 is 0 Å². The maximum atomic E-state index is 13.6. The number of rotatable bonds is 7. The largest absolute Gasteiger partial charge is 0.478 e. The lowest BCUT2D eigenvalue weighted by molar-refractivity contribution is -0.137. The number of alkyl halides is 3. The van der Waals surface area contributed by atoms with Crippen molar-refractivity contribution in [1.29, 1.82) is 0 Å². The second kappa shape index (κ2) is 9.99. The van der Waals surface area contributed by atoms with Crippen LogP contribution in [0.1, 0.15) is 39.9 Å². The Balaban J connectivity index is 1.59. The molecule has 4 rings (SSSR count). The van der Waals surface area contributed by atoms with Gasteiger partial charge in [-0.25, -0.2) is 4.79 Å². The van der Waals surface area contributed by atoms with Gasteiger partial charge < -0.3 is 15.2 Å². The van der Waals surface area contributed by atoms with Gasteiger partial charge in [0.15, 0.2) is 0 Å². The van der Waals surface area contributed by atoms with E-state index in [0.717, 1.165) is 38.1 Å². The predicted molar refractivity (Wildman–Crippen MR) is 124 cm³/mol. The van der Waals surface area contributed by atoms with Crippen molar-refractivity contribution in [2.45, 2.75) is 31.0 Å². The fourth-order valence-corrected chi connectivity index (χ4v) is 4.52. The van der Waals surface area contributed by atoms with Crippen LogP contribution in [0.3, 0.4) is 0 Å². The van der Waals surface area contributed by atoms with Gasteiger partial charge in [0.25, 0.3) is 0 Å². The van der Waals surface area contributed by atoms with Gasteiger partial charge in [-0.3, -0.25) is 0 Å². The first kappa shape index (κ1) is 24.0. The molecule has 2 N–H and O–H groups in total. The van der Waals surface area contributed by atoms with Crippen molar-refractivity contribution in [2.75, 3.05) is 19.7 Å². The fraction of sp³-hybridized carbons (Fsp3) is 0.296. The van der Waals surface area contributed by atoms with Gasteiger partial charge in [-0.2, -0.15) is 13.2 Å². The minimum absolute atomic E-state index is 0.0171. The number of piperidine rings is 1. The van der Waals surface area contributed by atoms with Crippen molar-refractivity contribution in [3.8, 4) is 11.1 Å². The fourth-order valence-electron chi connectivity index (χ4n) is 4.52. The molecule has 0 unspecified atom stereocenters. The second-order valence-corrected chi connectivity index (χ2v) is 8.69. The summed E-state index contributed by atoms with van der Waals surface area (Å²) in [7, 11) is 0. The molecule has 0 spiro atoms. The van der Waals surface area contributed by atoms with Crippen LogP contribution in [0, 0.1) is 0 Å². The van der Waals surface area contributed by atoms with Crippen LogP contribution >= 0.6 is 0 Å². The molecule has 0 amide bonds. The molecule has 1 aliphatic rings. The Morgan fingerprint density at radius 2 is 1.68 bits per heavy atom. The number of benzene rings is 3. The smallest absolute Gasteiger partial charge is 0.416 e. The van der Waals surface area contributed by atoms with E-state index in [1.54, 1.807) is 12.1 Å². The Kier molecular flexibility index (Phi) is 7.05. The first-order valence-electron chi connectivity index (χ1n) is 11.2. The number of ether oxygens (including phenoxy) is 1. The molecule has 0 saturated carbocycles. The molecule has 0 atom stereocenters. The van der Waals surface area contributed by atoms with Gasteiger partial charge in [0.2, 0.25) is 0 Å². The zero-order valence-electron chi connectivity index (χ0n) is 18.6. The van der Waals surface area contributed by atoms with Crippen LogP contribution in [0.4, 0.5) is 13.2 Å². The molecular formula is C27H26F3NO3. The number of nitrogens with one attached hydrogen (secondary N) is 1. The maximum Gasteiger partial charge on any atom is 0.416 e. The van der Waals surface area contributed by atoms with Gasteiger partial charge in [0.1, 0.15) is 0 Å². The third-order valence-corrected chi connectivity index (χ3v) is 6.36. The lowest BCUT2D eigenvalue weighted by Crippen LogP contribution is -2.43. The van der Waals surface area contributed by atoms with Crippen molar-refractivity contribution in [3.63, 3.8) is 0 Å². The van der Waals surface area contributed by atoms with E-state index in [9.17, 15) is 23.1 Å². The third kappa shape index (κ3) is 5.48. The molecule has 34 heavy (non-hydrogen) atoms. The van der Waals surface area contributed by atoms with Crippen LogP contribution in [0.5, 0.6) is 0 Å². The standard InChI is InChI=1S/C27H26F3NO3/c28-27(29,30)24-14-19(13-22(16-24)20-5-4-6-21(15-20)25(32)33)17-34-18-26(9-11-31-12-10-26)23-7-2-1-3-8-23/h1-8,13-16,31H,9-12,17-18H2,(H,32,33). The average molecular weight is 470 g/mol. The Morgan fingerprint density at radius 1 is 0.941 bits per heavy atom. The summed E-state index contributed by atoms with van der Waals surface area (Å²) in [4.78, 5) is 11.3. The highest BCUT2D eigenvalue weighted by atomic mass is 19.4. The summed E-state index contributed by atoms with van der Waals surface area (Å²) in [6, 6.07) is 19.8. The van der Waals surface area contributed by atoms with Gasteiger partial charge in [0, 0.05) is 5.41 Å². The summed E-state index contributed by atoms with van der Waals surface area (Å²) in [5, 5.41) is 12.6. The van der Waals surface area contributed by atoms with Crippen LogP contribution in [-0.4, -0.2) is 30.8 Å². The van der Waals surface area contributed by atoms with Crippen molar-refractivity contribution in [3.05, 3.63) is 95.1 Å². The molecule has 4 nitrogen and oxygen atoms in total. The summed E-state index contributed by atoms with van der Waals surface area (Å²) in [5.41, 5.74) is 1.32. The SMILES string of the molecule is O=C(O)c1cccc(-c2cc(COCC3(c4ccccc4)CCNCC3)cc(C(F)(F)F)c2)c1. The van der Waals surface area contributed by atoms with Crippen molar-refractivity contribution >= 4 is 5.97 Å². The quantitative estimate of drug-likeness (QED) is 0.452. The molecule has 1 heterocycles. The van der Waals surface area contributed by atoms with Gasteiger partial charge in [-0.1, -0.05) is 42.5 Å². The topological polar surface area (TPSA) is 58.6 Å². The average Bonchev–Trinajstić information content (AvgIpc) is 2.84. The van der Waals surface area contributed by atoms with Crippen LogP contribution < -0.4 is 5.32 Å². The summed E-state index contributed by atoms with van der Waals surface area (Å²) in [5.74, 6) is -1.13. The van der Waals surface area contributed by atoms with E-state index in [2.05, 4.69) is 17.4 Å². The number of hydrogen-bond acceptors (Lipinski definition) is 3. The minimum Gasteiger partial charge on any atom is -0.478 e. The number of carbonyl (C=O) groups is 1. The maximum absolute atomic E-state index is 13.6. The van der Waals surface area contributed by atoms with Gasteiger partial charge in [-0.05, 0) is 78.5 Å². The third-order valence-electron chi connectivity index (χ3n) is 6.36. The first-order chi connectivity index (χ1) is 16.3.